The molecule has 3 aromatic rings. The molecule has 1 aliphatic rings. The van der Waals surface area contributed by atoms with Crippen LogP contribution in [0.25, 0.3) is 0 Å². The third-order valence-corrected chi connectivity index (χ3v) is 8.50. The van der Waals surface area contributed by atoms with Crippen molar-refractivity contribution >= 4 is 23.2 Å². The molecule has 0 bridgehead atoms. The van der Waals surface area contributed by atoms with Gasteiger partial charge in [0.2, 0.25) is 0 Å². The number of ether oxygens (including phenoxy) is 1. The SMILES string of the molecule is CCN(c1cc(F)cc(C(=O)NCc2c(Cl)[nH]c(C)cc2=O)c1C)C1CCC(N(C)Cc2cccc(OC)c2)CC1. The van der Waals surface area contributed by atoms with Crippen LogP contribution in [0.5, 0.6) is 5.75 Å². The minimum Gasteiger partial charge on any atom is -0.497 e. The quantitative estimate of drug-likeness (QED) is 0.287. The number of aromatic amines is 1. The average molecular weight is 583 g/mol. The zero-order valence-electron chi connectivity index (χ0n) is 24.5. The van der Waals surface area contributed by atoms with Crippen LogP contribution in [-0.2, 0) is 13.1 Å². The number of methoxy groups -OCH3 is 1. The molecule has 1 amide bonds. The van der Waals surface area contributed by atoms with Gasteiger partial charge in [0.05, 0.1) is 12.7 Å². The van der Waals surface area contributed by atoms with Gasteiger partial charge in [0.25, 0.3) is 5.91 Å². The fraction of sp³-hybridized carbons (Fsp3) is 0.438. The van der Waals surface area contributed by atoms with Gasteiger partial charge in [0.1, 0.15) is 16.7 Å². The Morgan fingerprint density at radius 2 is 1.83 bits per heavy atom. The monoisotopic (exact) mass is 582 g/mol. The van der Waals surface area contributed by atoms with Crippen LogP contribution in [0.4, 0.5) is 10.1 Å². The highest BCUT2D eigenvalue weighted by Crippen LogP contribution is 2.33. The lowest BCUT2D eigenvalue weighted by atomic mass is 9.88. The predicted octanol–water partition coefficient (Wildman–Crippen LogP) is 5.99. The molecule has 7 nitrogen and oxygen atoms in total. The van der Waals surface area contributed by atoms with E-state index < -0.39 is 11.7 Å². The van der Waals surface area contributed by atoms with Gasteiger partial charge in [-0.15, -0.1) is 0 Å². The Labute approximate surface area is 246 Å². The molecular formula is C32H40ClFN4O3. The van der Waals surface area contributed by atoms with Crippen molar-refractivity contribution in [1.82, 2.24) is 15.2 Å². The number of H-pyrrole nitrogens is 1. The molecule has 1 aromatic heterocycles. The number of carbonyl (C=O) groups excluding carboxylic acids is 1. The van der Waals surface area contributed by atoms with E-state index in [9.17, 15) is 14.0 Å². The van der Waals surface area contributed by atoms with Crippen LogP contribution in [0.2, 0.25) is 5.15 Å². The molecule has 0 atom stereocenters. The molecule has 0 spiro atoms. The molecule has 1 fully saturated rings. The number of halogens is 2. The number of hydrogen-bond acceptors (Lipinski definition) is 5. The van der Waals surface area contributed by atoms with Gasteiger partial charge < -0.3 is 19.9 Å². The molecule has 0 aliphatic heterocycles. The third kappa shape index (κ3) is 7.29. The topological polar surface area (TPSA) is 77.7 Å². The molecule has 2 aromatic carbocycles. The van der Waals surface area contributed by atoms with Crippen molar-refractivity contribution in [3.63, 3.8) is 0 Å². The summed E-state index contributed by atoms with van der Waals surface area (Å²) in [7, 11) is 3.85. The maximum absolute atomic E-state index is 14.9. The minimum atomic E-state index is -0.466. The molecule has 1 heterocycles. The summed E-state index contributed by atoms with van der Waals surface area (Å²) in [5, 5.41) is 2.94. The number of amides is 1. The highest BCUT2D eigenvalue weighted by Gasteiger charge is 2.29. The first kappa shape index (κ1) is 30.6. The smallest absolute Gasteiger partial charge is 0.252 e. The van der Waals surface area contributed by atoms with E-state index in [1.54, 1.807) is 14.0 Å². The highest BCUT2D eigenvalue weighted by atomic mass is 35.5. The molecule has 4 rings (SSSR count). The van der Waals surface area contributed by atoms with E-state index in [2.05, 4.69) is 46.2 Å². The van der Waals surface area contributed by atoms with E-state index in [1.165, 1.54) is 23.8 Å². The summed E-state index contributed by atoms with van der Waals surface area (Å²) >= 11 is 6.19. The van der Waals surface area contributed by atoms with Crippen molar-refractivity contribution in [1.29, 1.82) is 0 Å². The Morgan fingerprint density at radius 3 is 2.49 bits per heavy atom. The maximum atomic E-state index is 14.9. The van der Waals surface area contributed by atoms with Crippen molar-refractivity contribution < 1.29 is 13.9 Å². The summed E-state index contributed by atoms with van der Waals surface area (Å²) in [4.78, 5) is 33.0. The van der Waals surface area contributed by atoms with E-state index in [0.717, 1.165) is 43.7 Å². The number of carbonyl (C=O) groups is 1. The van der Waals surface area contributed by atoms with Crippen molar-refractivity contribution in [3.05, 3.63) is 91.6 Å². The van der Waals surface area contributed by atoms with Gasteiger partial charge in [-0.1, -0.05) is 23.7 Å². The molecule has 1 saturated carbocycles. The standard InChI is InChI=1S/C32H40ClFN4O3/c1-6-38(25-12-10-24(11-13-25)37(4)19-22-8-7-9-26(15-22)41-5)29-17-23(34)16-27(21(29)3)32(40)35-18-28-30(39)14-20(2)36-31(28)33/h7-9,14-17,24-25H,6,10-13,18-19H2,1-5H3,(H,35,40)(H,36,39). The van der Waals surface area contributed by atoms with E-state index >= 15 is 0 Å². The predicted molar refractivity (Wildman–Crippen MR) is 163 cm³/mol. The van der Waals surface area contributed by atoms with Crippen molar-refractivity contribution in [2.24, 2.45) is 0 Å². The molecular weight excluding hydrogens is 543 g/mol. The van der Waals surface area contributed by atoms with E-state index in [0.29, 0.717) is 23.8 Å². The van der Waals surface area contributed by atoms with E-state index in [-0.39, 0.29) is 34.3 Å². The van der Waals surface area contributed by atoms with Gasteiger partial charge in [-0.2, -0.15) is 0 Å². The van der Waals surface area contributed by atoms with Crippen LogP contribution >= 0.6 is 11.6 Å². The Bertz CT molecular complexity index is 1430. The Kier molecular flexibility index (Phi) is 10.1. The molecule has 220 valence electrons. The number of anilines is 1. The zero-order valence-corrected chi connectivity index (χ0v) is 25.3. The molecule has 0 saturated heterocycles. The lowest BCUT2D eigenvalue weighted by Crippen LogP contribution is -2.43. The molecule has 0 unspecified atom stereocenters. The molecule has 1 aliphatic carbocycles. The number of aromatic nitrogens is 1. The second-order valence-corrected chi connectivity index (χ2v) is 11.3. The summed E-state index contributed by atoms with van der Waals surface area (Å²) in [5.41, 5.74) is 3.57. The lowest BCUT2D eigenvalue weighted by Gasteiger charge is -2.41. The van der Waals surface area contributed by atoms with Crippen molar-refractivity contribution in [2.75, 3.05) is 25.6 Å². The van der Waals surface area contributed by atoms with Gasteiger partial charge >= 0.3 is 0 Å². The van der Waals surface area contributed by atoms with Gasteiger partial charge in [-0.05, 0) is 88.9 Å². The van der Waals surface area contributed by atoms with E-state index in [1.807, 2.05) is 19.1 Å². The number of pyridine rings is 1. The molecule has 2 N–H and O–H groups in total. The van der Waals surface area contributed by atoms with Crippen LogP contribution in [0.3, 0.4) is 0 Å². The minimum absolute atomic E-state index is 0.0522. The number of rotatable bonds is 10. The number of aryl methyl sites for hydroxylation is 1. The van der Waals surface area contributed by atoms with Crippen LogP contribution in [-0.4, -0.2) is 48.6 Å². The highest BCUT2D eigenvalue weighted by molar-refractivity contribution is 6.30. The second-order valence-electron chi connectivity index (χ2n) is 10.9. The Balaban J connectivity index is 1.44. The Hall–Kier alpha value is -3.36. The third-order valence-electron chi connectivity index (χ3n) is 8.18. The maximum Gasteiger partial charge on any atom is 0.252 e. The summed E-state index contributed by atoms with van der Waals surface area (Å²) in [6.07, 6.45) is 4.03. The lowest BCUT2D eigenvalue weighted by molar-refractivity contribution is 0.0949. The van der Waals surface area contributed by atoms with Crippen LogP contribution in [0.1, 0.15) is 65.3 Å². The first-order chi connectivity index (χ1) is 19.6. The number of nitrogens with zero attached hydrogens (tertiary/aromatic N) is 2. The molecule has 9 heteroatoms. The Morgan fingerprint density at radius 1 is 1.12 bits per heavy atom. The van der Waals surface area contributed by atoms with E-state index in [4.69, 9.17) is 16.3 Å². The summed E-state index contributed by atoms with van der Waals surface area (Å²) in [6, 6.07) is 13.1. The summed E-state index contributed by atoms with van der Waals surface area (Å²) in [6.45, 7) is 7.16. The van der Waals surface area contributed by atoms with Gasteiger partial charge in [0.15, 0.2) is 5.43 Å². The summed E-state index contributed by atoms with van der Waals surface area (Å²) in [5.74, 6) is -0.0466. The van der Waals surface area contributed by atoms with Crippen molar-refractivity contribution in [3.8, 4) is 5.75 Å². The first-order valence-corrected chi connectivity index (χ1v) is 14.6. The normalized spacial score (nSPS) is 17.0. The van der Waals surface area contributed by atoms with Gasteiger partial charge in [-0.25, -0.2) is 4.39 Å². The zero-order chi connectivity index (χ0) is 29.7. The second kappa shape index (κ2) is 13.5. The van der Waals surface area contributed by atoms with Gasteiger partial charge in [0, 0.05) is 54.7 Å². The largest absolute Gasteiger partial charge is 0.497 e. The van der Waals surface area contributed by atoms with Crippen LogP contribution in [0.15, 0.2) is 47.3 Å². The molecule has 0 radical (unpaired) electrons. The number of nitrogens with one attached hydrogen (secondary N) is 2. The average Bonchev–Trinajstić information content (AvgIpc) is 2.94. The van der Waals surface area contributed by atoms with Crippen LogP contribution < -0.4 is 20.4 Å². The fourth-order valence-electron chi connectivity index (χ4n) is 5.93. The first-order valence-electron chi connectivity index (χ1n) is 14.2. The van der Waals surface area contributed by atoms with Gasteiger partial charge in [-0.3, -0.25) is 14.5 Å². The van der Waals surface area contributed by atoms with Crippen LogP contribution in [0, 0.1) is 19.7 Å². The number of benzene rings is 2. The fourth-order valence-corrected chi connectivity index (χ4v) is 6.24. The summed E-state index contributed by atoms with van der Waals surface area (Å²) < 4.78 is 20.3. The number of hydrogen-bond donors (Lipinski definition) is 2. The molecule has 41 heavy (non-hydrogen) atoms. The van der Waals surface area contributed by atoms with Crippen molar-refractivity contribution in [2.45, 2.75) is 71.6 Å².